The van der Waals surface area contributed by atoms with Crippen LogP contribution >= 0.6 is 7.26 Å². The van der Waals surface area contributed by atoms with Gasteiger partial charge in [0.15, 0.2) is 0 Å². The first-order valence-electron chi connectivity index (χ1n) is 9.08. The van der Waals surface area contributed by atoms with Crippen molar-refractivity contribution in [1.82, 2.24) is 0 Å². The largest absolute Gasteiger partial charge is 1.00 e. The van der Waals surface area contributed by atoms with E-state index in [0.717, 1.165) is 12.8 Å². The molecule has 0 N–H and O–H groups in total. The number of allylic oxidation sites excluding steroid dienone is 2. The first-order chi connectivity index (χ1) is 12.4. The van der Waals surface area contributed by atoms with Crippen molar-refractivity contribution in [2.24, 2.45) is 0 Å². The quantitative estimate of drug-likeness (QED) is 0.282. The van der Waals surface area contributed by atoms with Crippen molar-refractivity contribution >= 4 is 23.2 Å². The molecule has 0 amide bonds. The highest BCUT2D eigenvalue weighted by Gasteiger charge is 2.44. The SMILES string of the molecule is CC/C=C\CC[P+](c1ccccc1)(c1ccccc1)c1ccccc1.[I-]. The molecule has 3 aromatic carbocycles. The lowest BCUT2D eigenvalue weighted by Gasteiger charge is -2.27. The molecule has 26 heavy (non-hydrogen) atoms. The lowest BCUT2D eigenvalue weighted by atomic mass is 10.3. The summed E-state index contributed by atoms with van der Waals surface area (Å²) < 4.78 is 0. The third-order valence-corrected chi connectivity index (χ3v) is 9.09. The number of halogens is 1. The van der Waals surface area contributed by atoms with Crippen molar-refractivity contribution in [3.8, 4) is 0 Å². The van der Waals surface area contributed by atoms with Gasteiger partial charge in [0.1, 0.15) is 23.2 Å². The lowest BCUT2D eigenvalue weighted by Crippen LogP contribution is -3.00. The van der Waals surface area contributed by atoms with Crippen LogP contribution in [-0.2, 0) is 0 Å². The highest BCUT2D eigenvalue weighted by Crippen LogP contribution is 2.55. The van der Waals surface area contributed by atoms with Gasteiger partial charge in [0.2, 0.25) is 0 Å². The maximum Gasteiger partial charge on any atom is 0.112 e. The van der Waals surface area contributed by atoms with Crippen LogP contribution in [0.3, 0.4) is 0 Å². The summed E-state index contributed by atoms with van der Waals surface area (Å²) in [5, 5.41) is 4.41. The van der Waals surface area contributed by atoms with Gasteiger partial charge in [-0.1, -0.05) is 73.7 Å². The maximum absolute atomic E-state index is 2.35. The fourth-order valence-corrected chi connectivity index (χ4v) is 7.68. The summed E-state index contributed by atoms with van der Waals surface area (Å²) in [6.07, 6.45) is 8.02. The third kappa shape index (κ3) is 4.64. The summed E-state index contributed by atoms with van der Waals surface area (Å²) in [4.78, 5) is 0. The molecule has 0 heterocycles. The molecule has 0 saturated heterocycles. The van der Waals surface area contributed by atoms with Crippen LogP contribution in [0.5, 0.6) is 0 Å². The molecule has 0 nitrogen and oxygen atoms in total. The second-order valence-electron chi connectivity index (χ2n) is 6.21. The van der Waals surface area contributed by atoms with Crippen molar-refractivity contribution in [1.29, 1.82) is 0 Å². The normalized spacial score (nSPS) is 11.3. The molecule has 0 aliphatic heterocycles. The average molecular weight is 472 g/mol. The second-order valence-corrected chi connectivity index (χ2v) is 9.82. The monoisotopic (exact) mass is 472 g/mol. The molecule has 0 unspecified atom stereocenters. The van der Waals surface area contributed by atoms with Crippen LogP contribution in [0.4, 0.5) is 0 Å². The van der Waals surface area contributed by atoms with Gasteiger partial charge in [-0.15, -0.1) is 0 Å². The number of benzene rings is 3. The maximum atomic E-state index is 2.35. The minimum absolute atomic E-state index is 0. The van der Waals surface area contributed by atoms with Crippen LogP contribution in [0.1, 0.15) is 19.8 Å². The molecule has 0 bridgehead atoms. The summed E-state index contributed by atoms with van der Waals surface area (Å²) in [5.41, 5.74) is 0. The van der Waals surface area contributed by atoms with Crippen molar-refractivity contribution in [3.05, 3.63) is 103 Å². The van der Waals surface area contributed by atoms with E-state index in [1.54, 1.807) is 0 Å². The van der Waals surface area contributed by atoms with Gasteiger partial charge in [-0.3, -0.25) is 0 Å². The summed E-state index contributed by atoms with van der Waals surface area (Å²) in [5.74, 6) is 0. The molecule has 0 radical (unpaired) electrons. The molecule has 0 fully saturated rings. The zero-order valence-corrected chi connectivity index (χ0v) is 18.3. The first-order valence-corrected chi connectivity index (χ1v) is 11.1. The Morgan fingerprint density at radius 2 is 1.00 bits per heavy atom. The average Bonchev–Trinajstić information content (AvgIpc) is 2.70. The lowest BCUT2D eigenvalue weighted by molar-refractivity contribution is -0.00000492. The van der Waals surface area contributed by atoms with E-state index in [1.807, 2.05) is 0 Å². The Kier molecular flexibility index (Phi) is 8.54. The Bertz CT molecular complexity index is 686. The number of hydrogen-bond acceptors (Lipinski definition) is 0. The predicted octanol–water partition coefficient (Wildman–Crippen LogP) is 2.34. The van der Waals surface area contributed by atoms with E-state index in [-0.39, 0.29) is 24.0 Å². The smallest absolute Gasteiger partial charge is 0.112 e. The molecule has 0 aromatic heterocycles. The van der Waals surface area contributed by atoms with Crippen LogP contribution in [0.2, 0.25) is 0 Å². The van der Waals surface area contributed by atoms with Gasteiger partial charge in [0.05, 0.1) is 6.16 Å². The van der Waals surface area contributed by atoms with Crippen molar-refractivity contribution < 1.29 is 24.0 Å². The van der Waals surface area contributed by atoms with E-state index < -0.39 is 7.26 Å². The topological polar surface area (TPSA) is 0 Å². The van der Waals surface area contributed by atoms with Crippen LogP contribution in [0, 0.1) is 0 Å². The fraction of sp³-hybridized carbons (Fsp3) is 0.167. The molecule has 2 heteroatoms. The molecule has 0 atom stereocenters. The highest BCUT2D eigenvalue weighted by atomic mass is 127. The summed E-state index contributed by atoms with van der Waals surface area (Å²) in [6.45, 7) is 2.20. The van der Waals surface area contributed by atoms with E-state index in [9.17, 15) is 0 Å². The van der Waals surface area contributed by atoms with E-state index in [1.165, 1.54) is 22.1 Å². The van der Waals surface area contributed by atoms with Crippen LogP contribution in [0.15, 0.2) is 103 Å². The summed E-state index contributed by atoms with van der Waals surface area (Å²) in [7, 11) is -1.64. The van der Waals surface area contributed by atoms with Gasteiger partial charge in [-0.25, -0.2) is 0 Å². The Labute approximate surface area is 175 Å². The summed E-state index contributed by atoms with van der Waals surface area (Å²) >= 11 is 0. The van der Waals surface area contributed by atoms with Crippen molar-refractivity contribution in [2.75, 3.05) is 6.16 Å². The van der Waals surface area contributed by atoms with E-state index >= 15 is 0 Å². The zero-order valence-electron chi connectivity index (χ0n) is 15.3. The number of hydrogen-bond donors (Lipinski definition) is 0. The minimum Gasteiger partial charge on any atom is -1.00 e. The molecular weight excluding hydrogens is 446 g/mol. The predicted molar refractivity (Wildman–Crippen MR) is 114 cm³/mol. The Morgan fingerprint density at radius 1 is 0.615 bits per heavy atom. The van der Waals surface area contributed by atoms with Gasteiger partial charge < -0.3 is 24.0 Å². The van der Waals surface area contributed by atoms with Crippen molar-refractivity contribution in [3.63, 3.8) is 0 Å². The van der Waals surface area contributed by atoms with E-state index in [4.69, 9.17) is 0 Å². The van der Waals surface area contributed by atoms with Gasteiger partial charge >= 0.3 is 0 Å². The third-order valence-electron chi connectivity index (χ3n) is 4.62. The molecular formula is C24H26IP. The van der Waals surface area contributed by atoms with Crippen LogP contribution in [-0.4, -0.2) is 6.16 Å². The van der Waals surface area contributed by atoms with Crippen molar-refractivity contribution in [2.45, 2.75) is 19.8 Å². The first kappa shape index (κ1) is 20.9. The molecule has 3 aromatic rings. The Morgan fingerprint density at radius 3 is 1.35 bits per heavy atom. The Hall–Kier alpha value is -1.44. The van der Waals surface area contributed by atoms with Crippen LogP contribution < -0.4 is 39.9 Å². The molecule has 0 aliphatic rings. The second kappa shape index (κ2) is 10.6. The Balaban J connectivity index is 0.00000243. The van der Waals surface area contributed by atoms with Gasteiger partial charge in [-0.2, -0.15) is 0 Å². The van der Waals surface area contributed by atoms with Gasteiger partial charge in [-0.05, 0) is 42.8 Å². The molecule has 134 valence electrons. The highest BCUT2D eigenvalue weighted by molar-refractivity contribution is 7.95. The van der Waals surface area contributed by atoms with E-state index in [2.05, 4.69) is 110 Å². The van der Waals surface area contributed by atoms with Gasteiger partial charge in [0, 0.05) is 6.42 Å². The van der Waals surface area contributed by atoms with E-state index in [0.29, 0.717) is 0 Å². The molecule has 0 aliphatic carbocycles. The standard InChI is InChI=1S/C24H26P.HI/c1-2-3-4-14-21-25(22-15-8-5-9-16-22,23-17-10-6-11-18-23)24-19-12-7-13-20-24;/h3-13,15-20H,2,14,21H2,1H3;1H/q+1;/p-1/b4-3-;. The summed E-state index contributed by atoms with van der Waals surface area (Å²) in [6, 6.07) is 33.3. The van der Waals surface area contributed by atoms with Crippen LogP contribution in [0.25, 0.3) is 0 Å². The number of rotatable bonds is 7. The van der Waals surface area contributed by atoms with Gasteiger partial charge in [0.25, 0.3) is 0 Å². The fourth-order valence-electron chi connectivity index (χ4n) is 3.43. The zero-order chi connectivity index (χ0) is 17.4. The minimum atomic E-state index is -1.64. The molecule has 3 rings (SSSR count). The molecule has 0 spiro atoms. The molecule has 0 saturated carbocycles.